The van der Waals surface area contributed by atoms with Crippen molar-refractivity contribution in [2.24, 2.45) is 0 Å². The molecule has 0 bridgehead atoms. The molecule has 2 rings (SSSR count). The van der Waals surface area contributed by atoms with E-state index in [2.05, 4.69) is 10.3 Å². The van der Waals surface area contributed by atoms with Crippen LogP contribution >= 0.6 is 0 Å². The van der Waals surface area contributed by atoms with E-state index in [1.54, 1.807) is 36.4 Å². The molecular formula is C16H17F3N2O. The van der Waals surface area contributed by atoms with Crippen molar-refractivity contribution in [3.05, 3.63) is 65.5 Å². The summed E-state index contributed by atoms with van der Waals surface area (Å²) in [6, 6.07) is 8.38. The van der Waals surface area contributed by atoms with Gasteiger partial charge in [0, 0.05) is 18.9 Å². The number of aliphatic hydroxyl groups is 1. The van der Waals surface area contributed by atoms with Crippen molar-refractivity contribution in [1.29, 1.82) is 0 Å². The lowest BCUT2D eigenvalue weighted by Gasteiger charge is -2.22. The van der Waals surface area contributed by atoms with Gasteiger partial charge in [0.1, 0.15) is 6.04 Å². The number of aromatic nitrogens is 1. The monoisotopic (exact) mass is 310 g/mol. The third kappa shape index (κ3) is 4.54. The summed E-state index contributed by atoms with van der Waals surface area (Å²) in [5.74, 6) is 0. The lowest BCUT2D eigenvalue weighted by molar-refractivity contribution is -0.155. The molecule has 2 aromatic rings. The maximum Gasteiger partial charge on any atom is 0.404 e. The molecule has 6 heteroatoms. The first-order chi connectivity index (χ1) is 10.5. The molecule has 1 atom stereocenters. The average Bonchev–Trinajstić information content (AvgIpc) is 2.51. The molecule has 0 saturated heterocycles. The van der Waals surface area contributed by atoms with Gasteiger partial charge in [0.05, 0.1) is 6.61 Å². The number of alkyl halides is 3. The van der Waals surface area contributed by atoms with Gasteiger partial charge < -0.3 is 10.4 Å². The highest BCUT2D eigenvalue weighted by Crippen LogP contribution is 2.24. The molecule has 2 N–H and O–H groups in total. The summed E-state index contributed by atoms with van der Waals surface area (Å²) in [4.78, 5) is 3.80. The van der Waals surface area contributed by atoms with Crippen molar-refractivity contribution < 1.29 is 18.3 Å². The van der Waals surface area contributed by atoms with Crippen LogP contribution in [0.1, 0.15) is 16.7 Å². The summed E-state index contributed by atoms with van der Waals surface area (Å²) in [6.45, 7) is -0.148. The summed E-state index contributed by atoms with van der Waals surface area (Å²) < 4.78 is 39.5. The largest absolute Gasteiger partial charge is 0.404 e. The van der Waals surface area contributed by atoms with E-state index in [0.29, 0.717) is 16.7 Å². The quantitative estimate of drug-likeness (QED) is 0.862. The van der Waals surface area contributed by atoms with Crippen LogP contribution in [0.4, 0.5) is 13.2 Å². The summed E-state index contributed by atoms with van der Waals surface area (Å²) in [6.07, 6.45) is -1.56. The van der Waals surface area contributed by atoms with Crippen molar-refractivity contribution >= 4 is 0 Å². The SMILES string of the molecule is OCc1ccccc1CNC(Cc1ccncc1)C(F)(F)F. The van der Waals surface area contributed by atoms with Crippen LogP contribution in [0.5, 0.6) is 0 Å². The molecule has 1 aromatic carbocycles. The van der Waals surface area contributed by atoms with Crippen molar-refractivity contribution in [2.75, 3.05) is 0 Å². The summed E-state index contributed by atoms with van der Waals surface area (Å²) in [5.41, 5.74) is 1.86. The first-order valence-electron chi connectivity index (χ1n) is 6.87. The zero-order valence-corrected chi connectivity index (χ0v) is 11.8. The van der Waals surface area contributed by atoms with Gasteiger partial charge in [0.2, 0.25) is 0 Å². The van der Waals surface area contributed by atoms with Gasteiger partial charge in [-0.2, -0.15) is 13.2 Å². The smallest absolute Gasteiger partial charge is 0.392 e. The number of hydrogen-bond donors (Lipinski definition) is 2. The third-order valence-corrected chi connectivity index (χ3v) is 3.41. The second-order valence-electron chi connectivity index (χ2n) is 4.96. The van der Waals surface area contributed by atoms with E-state index in [0.717, 1.165) is 0 Å². The number of pyridine rings is 1. The predicted octanol–water partition coefficient (Wildman–Crippen LogP) is 2.84. The second-order valence-corrected chi connectivity index (χ2v) is 4.96. The molecule has 118 valence electrons. The Labute approximate surface area is 126 Å². The van der Waals surface area contributed by atoms with Gasteiger partial charge >= 0.3 is 6.18 Å². The van der Waals surface area contributed by atoms with E-state index < -0.39 is 12.2 Å². The van der Waals surface area contributed by atoms with E-state index in [9.17, 15) is 18.3 Å². The fraction of sp³-hybridized carbons (Fsp3) is 0.312. The minimum absolute atomic E-state index is 0.0476. The van der Waals surface area contributed by atoms with E-state index in [4.69, 9.17) is 0 Å². The maximum absolute atomic E-state index is 13.2. The van der Waals surface area contributed by atoms with Crippen LogP contribution in [0, 0.1) is 0 Å². The third-order valence-electron chi connectivity index (χ3n) is 3.41. The van der Waals surface area contributed by atoms with Gasteiger partial charge in [0.25, 0.3) is 0 Å². The van der Waals surface area contributed by atoms with Gasteiger partial charge in [-0.3, -0.25) is 4.98 Å². The van der Waals surface area contributed by atoms with Crippen LogP contribution < -0.4 is 5.32 Å². The zero-order chi connectivity index (χ0) is 16.0. The topological polar surface area (TPSA) is 45.1 Å². The Bertz CT molecular complexity index is 587. The number of benzene rings is 1. The van der Waals surface area contributed by atoms with Crippen molar-refractivity contribution in [1.82, 2.24) is 10.3 Å². The summed E-state index contributed by atoms with van der Waals surface area (Å²) in [5, 5.41) is 11.8. The Morgan fingerprint density at radius 2 is 1.68 bits per heavy atom. The molecule has 0 radical (unpaired) electrons. The predicted molar refractivity (Wildman–Crippen MR) is 77.0 cm³/mol. The fourth-order valence-corrected chi connectivity index (χ4v) is 2.18. The fourth-order valence-electron chi connectivity index (χ4n) is 2.18. The molecule has 0 spiro atoms. The van der Waals surface area contributed by atoms with Crippen LogP contribution in [0.3, 0.4) is 0 Å². The molecule has 0 aliphatic carbocycles. The van der Waals surface area contributed by atoms with Crippen molar-refractivity contribution in [3.8, 4) is 0 Å². The first kappa shape index (κ1) is 16.5. The second kappa shape index (κ2) is 7.38. The highest BCUT2D eigenvalue weighted by molar-refractivity contribution is 5.26. The van der Waals surface area contributed by atoms with Crippen molar-refractivity contribution in [3.63, 3.8) is 0 Å². The number of aliphatic hydroxyl groups excluding tert-OH is 1. The number of nitrogens with one attached hydrogen (secondary N) is 1. The lowest BCUT2D eigenvalue weighted by atomic mass is 10.0. The number of nitrogens with zero attached hydrogens (tertiary/aromatic N) is 1. The van der Waals surface area contributed by atoms with E-state index in [-0.39, 0.29) is 19.6 Å². The minimum Gasteiger partial charge on any atom is -0.392 e. The van der Waals surface area contributed by atoms with Crippen LogP contribution in [0.2, 0.25) is 0 Å². The van der Waals surface area contributed by atoms with Gasteiger partial charge in [-0.15, -0.1) is 0 Å². The molecule has 0 saturated carbocycles. The Balaban J connectivity index is 2.07. The Hall–Kier alpha value is -1.92. The summed E-state index contributed by atoms with van der Waals surface area (Å²) in [7, 11) is 0. The highest BCUT2D eigenvalue weighted by Gasteiger charge is 2.39. The average molecular weight is 310 g/mol. The van der Waals surface area contributed by atoms with Gasteiger partial charge in [-0.1, -0.05) is 24.3 Å². The molecule has 0 amide bonds. The van der Waals surface area contributed by atoms with Gasteiger partial charge in [-0.25, -0.2) is 0 Å². The molecule has 0 aliphatic rings. The van der Waals surface area contributed by atoms with Crippen LogP contribution in [0.15, 0.2) is 48.8 Å². The van der Waals surface area contributed by atoms with Crippen molar-refractivity contribution in [2.45, 2.75) is 31.8 Å². The Morgan fingerprint density at radius 3 is 2.27 bits per heavy atom. The molecule has 3 nitrogen and oxygen atoms in total. The molecule has 1 unspecified atom stereocenters. The Morgan fingerprint density at radius 1 is 1.05 bits per heavy atom. The van der Waals surface area contributed by atoms with Gasteiger partial charge in [0.15, 0.2) is 0 Å². The van der Waals surface area contributed by atoms with Crippen LogP contribution in [-0.2, 0) is 19.6 Å². The number of rotatable bonds is 6. The lowest BCUT2D eigenvalue weighted by Crippen LogP contribution is -2.43. The number of hydrogen-bond acceptors (Lipinski definition) is 3. The molecule has 1 heterocycles. The molecule has 0 fully saturated rings. The van der Waals surface area contributed by atoms with E-state index in [1.807, 2.05) is 0 Å². The first-order valence-corrected chi connectivity index (χ1v) is 6.87. The molecular weight excluding hydrogens is 293 g/mol. The minimum atomic E-state index is -4.35. The Kier molecular flexibility index (Phi) is 5.51. The molecule has 22 heavy (non-hydrogen) atoms. The van der Waals surface area contributed by atoms with Gasteiger partial charge in [-0.05, 0) is 35.2 Å². The maximum atomic E-state index is 13.2. The van der Waals surface area contributed by atoms with E-state index in [1.165, 1.54) is 12.4 Å². The standard InChI is InChI=1S/C16H17F3N2O/c17-16(18,19)15(9-12-5-7-20-8-6-12)21-10-13-3-1-2-4-14(13)11-22/h1-8,15,21-22H,9-11H2. The molecule has 0 aliphatic heterocycles. The summed E-state index contributed by atoms with van der Waals surface area (Å²) >= 11 is 0. The van der Waals surface area contributed by atoms with Crippen LogP contribution in [-0.4, -0.2) is 22.3 Å². The molecule has 1 aromatic heterocycles. The normalized spacial score (nSPS) is 13.1. The number of halogens is 3. The van der Waals surface area contributed by atoms with Crippen LogP contribution in [0.25, 0.3) is 0 Å². The zero-order valence-electron chi connectivity index (χ0n) is 11.8. The highest BCUT2D eigenvalue weighted by atomic mass is 19.4. The van der Waals surface area contributed by atoms with E-state index >= 15 is 0 Å².